The molecule has 1 aromatic rings. The quantitative estimate of drug-likeness (QED) is 0.659. The molecule has 3 rings (SSSR count). The molecule has 0 heterocycles. The molecule has 4 heteroatoms. The average Bonchev–Trinajstić information content (AvgIpc) is 2.94. The summed E-state index contributed by atoms with van der Waals surface area (Å²) in [7, 11) is 0. The van der Waals surface area contributed by atoms with E-state index in [1.54, 1.807) is 0 Å². The van der Waals surface area contributed by atoms with Crippen molar-refractivity contribution in [3.63, 3.8) is 0 Å². The molecule has 0 aromatic heterocycles. The van der Waals surface area contributed by atoms with Crippen molar-refractivity contribution >= 4 is 46.4 Å². The molecule has 0 nitrogen and oxygen atoms in total. The molecule has 1 aromatic carbocycles. The van der Waals surface area contributed by atoms with Crippen LogP contribution in [0.15, 0.2) is 30.3 Å². The molecule has 16 heavy (non-hydrogen) atoms. The zero-order valence-corrected chi connectivity index (χ0v) is 11.6. The lowest BCUT2D eigenvalue weighted by Crippen LogP contribution is -2.10. The summed E-state index contributed by atoms with van der Waals surface area (Å²) in [5, 5.41) is 0. The van der Waals surface area contributed by atoms with E-state index >= 15 is 0 Å². The molecule has 0 N–H and O–H groups in total. The first-order valence-electron chi connectivity index (χ1n) is 5.12. The molecule has 0 radical (unpaired) electrons. The molecule has 0 bridgehead atoms. The molecule has 1 spiro atoms. The smallest absolute Gasteiger partial charge is 0.101 e. The second-order valence-corrected chi connectivity index (χ2v) is 7.66. The van der Waals surface area contributed by atoms with Gasteiger partial charge in [-0.15, -0.1) is 23.2 Å². The Morgan fingerprint density at radius 3 is 1.88 bits per heavy atom. The van der Waals surface area contributed by atoms with Crippen LogP contribution in [0.4, 0.5) is 0 Å². The molecule has 2 unspecified atom stereocenters. The summed E-state index contributed by atoms with van der Waals surface area (Å²) in [6.07, 6.45) is 0.654. The van der Waals surface area contributed by atoms with Crippen LogP contribution in [0.3, 0.4) is 0 Å². The first-order valence-corrected chi connectivity index (χ1v) is 6.64. The number of benzene rings is 1. The second-order valence-electron chi connectivity index (χ2n) is 4.85. The van der Waals surface area contributed by atoms with Crippen molar-refractivity contribution in [1.29, 1.82) is 0 Å². The van der Waals surface area contributed by atoms with E-state index in [2.05, 4.69) is 0 Å². The number of alkyl halides is 4. The molecule has 0 saturated heterocycles. The van der Waals surface area contributed by atoms with E-state index in [-0.39, 0.29) is 10.8 Å². The van der Waals surface area contributed by atoms with Crippen molar-refractivity contribution in [2.24, 2.45) is 5.41 Å². The molecular formula is C12H10Cl4. The van der Waals surface area contributed by atoms with Crippen LogP contribution in [0.1, 0.15) is 18.9 Å². The number of hydrogen-bond acceptors (Lipinski definition) is 0. The lowest BCUT2D eigenvalue weighted by Gasteiger charge is -2.12. The van der Waals surface area contributed by atoms with Gasteiger partial charge in [-0.25, -0.2) is 0 Å². The van der Waals surface area contributed by atoms with Crippen molar-refractivity contribution in [3.8, 4) is 0 Å². The third kappa shape index (κ3) is 0.938. The highest BCUT2D eigenvalue weighted by molar-refractivity contribution is 6.60. The zero-order chi connectivity index (χ0) is 11.8. The van der Waals surface area contributed by atoms with Crippen molar-refractivity contribution in [1.82, 2.24) is 0 Å². The van der Waals surface area contributed by atoms with Crippen LogP contribution in [-0.4, -0.2) is 8.67 Å². The Kier molecular flexibility index (Phi) is 2.05. The highest BCUT2D eigenvalue weighted by atomic mass is 35.5. The van der Waals surface area contributed by atoms with Gasteiger partial charge in [0.25, 0.3) is 0 Å². The predicted molar refractivity (Wildman–Crippen MR) is 69.7 cm³/mol. The van der Waals surface area contributed by atoms with Gasteiger partial charge in [-0.05, 0) is 12.0 Å². The Balaban J connectivity index is 2.11. The van der Waals surface area contributed by atoms with Crippen LogP contribution in [0.25, 0.3) is 0 Å². The average molecular weight is 296 g/mol. The SMILES string of the molecule is CC1(c2ccccc2)C(Cl)(Cl)C12CC2(Cl)Cl. The van der Waals surface area contributed by atoms with Crippen LogP contribution in [0.5, 0.6) is 0 Å². The Hall–Kier alpha value is 0.380. The molecule has 2 aliphatic carbocycles. The maximum Gasteiger partial charge on any atom is 0.137 e. The summed E-state index contributed by atoms with van der Waals surface area (Å²) in [6, 6.07) is 9.96. The maximum absolute atomic E-state index is 6.42. The van der Waals surface area contributed by atoms with Crippen molar-refractivity contribution in [2.45, 2.75) is 27.4 Å². The maximum atomic E-state index is 6.42. The minimum atomic E-state index is -0.870. The highest BCUT2D eigenvalue weighted by Gasteiger charge is 2.99. The van der Waals surface area contributed by atoms with E-state index in [1.807, 2.05) is 37.3 Å². The first-order chi connectivity index (χ1) is 7.31. The van der Waals surface area contributed by atoms with Gasteiger partial charge in [0, 0.05) is 5.41 Å². The normalized spacial score (nSPS) is 42.1. The second kappa shape index (κ2) is 2.85. The van der Waals surface area contributed by atoms with Crippen LogP contribution in [0.2, 0.25) is 0 Å². The van der Waals surface area contributed by atoms with Gasteiger partial charge in [-0.1, -0.05) is 60.5 Å². The third-order valence-corrected chi connectivity index (χ3v) is 6.61. The van der Waals surface area contributed by atoms with Crippen molar-refractivity contribution < 1.29 is 0 Å². The minimum Gasteiger partial charge on any atom is -0.101 e. The lowest BCUT2D eigenvalue weighted by molar-refractivity contribution is 0.653. The van der Waals surface area contributed by atoms with Gasteiger partial charge in [0.05, 0.1) is 5.41 Å². The van der Waals surface area contributed by atoms with E-state index < -0.39 is 8.67 Å². The molecule has 2 aliphatic rings. The Labute approximate surface area is 115 Å². The fourth-order valence-corrected chi connectivity index (χ4v) is 5.61. The van der Waals surface area contributed by atoms with Crippen molar-refractivity contribution in [2.75, 3.05) is 0 Å². The fourth-order valence-electron chi connectivity index (χ4n) is 3.07. The van der Waals surface area contributed by atoms with E-state index in [1.165, 1.54) is 0 Å². The molecule has 2 saturated carbocycles. The van der Waals surface area contributed by atoms with E-state index in [0.29, 0.717) is 6.42 Å². The molecule has 2 fully saturated rings. The topological polar surface area (TPSA) is 0 Å². The highest BCUT2D eigenvalue weighted by Crippen LogP contribution is 2.94. The lowest BCUT2D eigenvalue weighted by atomic mass is 9.94. The van der Waals surface area contributed by atoms with Gasteiger partial charge in [0.1, 0.15) is 8.67 Å². The van der Waals surface area contributed by atoms with E-state index in [9.17, 15) is 0 Å². The van der Waals surface area contributed by atoms with E-state index in [4.69, 9.17) is 46.4 Å². The summed E-state index contributed by atoms with van der Waals surface area (Å²) in [4.78, 5) is 0. The van der Waals surface area contributed by atoms with Gasteiger partial charge in [-0.3, -0.25) is 0 Å². The summed E-state index contributed by atoms with van der Waals surface area (Å²) >= 11 is 25.3. The monoisotopic (exact) mass is 294 g/mol. The van der Waals surface area contributed by atoms with E-state index in [0.717, 1.165) is 5.56 Å². The fraction of sp³-hybridized carbons (Fsp3) is 0.500. The molecule has 0 aliphatic heterocycles. The summed E-state index contributed by atoms with van der Waals surface area (Å²) < 4.78 is -1.66. The predicted octanol–water partition coefficient (Wildman–Crippen LogP) is 4.70. The zero-order valence-electron chi connectivity index (χ0n) is 8.61. The number of halogens is 4. The number of hydrogen-bond donors (Lipinski definition) is 0. The summed E-state index contributed by atoms with van der Waals surface area (Å²) in [5.74, 6) is 0. The summed E-state index contributed by atoms with van der Waals surface area (Å²) in [5.41, 5.74) is 0.359. The minimum absolute atomic E-state index is 0.353. The Morgan fingerprint density at radius 1 is 1.00 bits per heavy atom. The first kappa shape index (κ1) is 11.5. The molecule has 0 amide bonds. The van der Waals surface area contributed by atoms with Gasteiger partial charge in [-0.2, -0.15) is 0 Å². The van der Waals surface area contributed by atoms with Gasteiger partial charge >= 0.3 is 0 Å². The van der Waals surface area contributed by atoms with Gasteiger partial charge < -0.3 is 0 Å². The van der Waals surface area contributed by atoms with Crippen molar-refractivity contribution in [3.05, 3.63) is 35.9 Å². The molecule has 2 atom stereocenters. The standard InChI is InChI=1S/C12H10Cl4/c1-9(8-5-3-2-4-6-8)10(12(9,15)16)7-11(10,13)14/h2-6H,7H2,1H3. The summed E-state index contributed by atoms with van der Waals surface area (Å²) in [6.45, 7) is 2.04. The Bertz CT molecular complexity index is 453. The van der Waals surface area contributed by atoms with Crippen LogP contribution in [0, 0.1) is 5.41 Å². The number of rotatable bonds is 1. The Morgan fingerprint density at radius 2 is 1.50 bits per heavy atom. The van der Waals surface area contributed by atoms with Gasteiger partial charge in [0.2, 0.25) is 0 Å². The van der Waals surface area contributed by atoms with Gasteiger partial charge in [0.15, 0.2) is 0 Å². The molecule has 86 valence electrons. The van der Waals surface area contributed by atoms with Crippen LogP contribution in [-0.2, 0) is 5.41 Å². The third-order valence-electron chi connectivity index (χ3n) is 4.29. The van der Waals surface area contributed by atoms with Crippen LogP contribution < -0.4 is 0 Å². The largest absolute Gasteiger partial charge is 0.137 e. The molecular weight excluding hydrogens is 286 g/mol. The van der Waals surface area contributed by atoms with Crippen LogP contribution >= 0.6 is 46.4 Å².